The second kappa shape index (κ2) is 5.78. The van der Waals surface area contributed by atoms with Crippen molar-refractivity contribution in [1.29, 1.82) is 0 Å². The first kappa shape index (κ1) is 10.0. The molecule has 0 saturated carbocycles. The van der Waals surface area contributed by atoms with Crippen LogP contribution in [0.25, 0.3) is 0 Å². The smallest absolute Gasteiger partial charge is 0.330 e. The Bertz CT molecular complexity index is 108. The van der Waals surface area contributed by atoms with Gasteiger partial charge in [-0.25, -0.2) is 0 Å². The Balaban J connectivity index is 3.68. The van der Waals surface area contributed by atoms with Crippen LogP contribution in [0.4, 0.5) is 0 Å². The predicted molar refractivity (Wildman–Crippen MR) is 42.4 cm³/mol. The summed E-state index contributed by atoms with van der Waals surface area (Å²) in [4.78, 5) is 0. The molecule has 2 unspecified atom stereocenters. The third-order valence-corrected chi connectivity index (χ3v) is 3.03. The molecule has 0 amide bonds. The quantitative estimate of drug-likeness (QED) is 0.626. The molecular weight excluding hydrogens is 149 g/mol. The van der Waals surface area contributed by atoms with Gasteiger partial charge in [0.2, 0.25) is 0 Å². The molecule has 0 rings (SSSR count). The van der Waals surface area contributed by atoms with Crippen LogP contribution in [0.15, 0.2) is 0 Å². The molecule has 0 saturated heterocycles. The average molecular weight is 164 g/mol. The molecule has 2 atom stereocenters. The van der Waals surface area contributed by atoms with Crippen LogP contribution in [0.2, 0.25) is 0 Å². The van der Waals surface area contributed by atoms with Crippen molar-refractivity contribution in [3.8, 4) is 0 Å². The van der Waals surface area contributed by atoms with Crippen molar-refractivity contribution in [2.45, 2.75) is 25.4 Å². The molecule has 0 aliphatic rings. The molecule has 60 valence electrons. The summed E-state index contributed by atoms with van der Waals surface area (Å²) < 4.78 is 15.7. The van der Waals surface area contributed by atoms with Gasteiger partial charge in [-0.1, -0.05) is 6.92 Å². The Morgan fingerprint density at radius 2 is 2.30 bits per heavy atom. The van der Waals surface area contributed by atoms with Gasteiger partial charge in [0.15, 0.2) is 5.66 Å². The average Bonchev–Trinajstić information content (AvgIpc) is 1.99. The lowest BCUT2D eigenvalue weighted by atomic mass is 10.2. The van der Waals surface area contributed by atoms with E-state index in [0.29, 0.717) is 6.54 Å². The second-order valence-corrected chi connectivity index (χ2v) is 3.77. The largest absolute Gasteiger partial charge is 0.511 e. The maximum atomic E-state index is 11.0. The molecule has 0 aromatic heterocycles. The van der Waals surface area contributed by atoms with E-state index in [2.05, 4.69) is 0 Å². The summed E-state index contributed by atoms with van der Waals surface area (Å²) >= 11 is 0. The molecule has 0 radical (unpaired) electrons. The molecule has 4 heteroatoms. The first-order valence-corrected chi connectivity index (χ1v) is 4.71. The maximum absolute atomic E-state index is 11.0. The highest BCUT2D eigenvalue weighted by molar-refractivity contribution is 7.40. The van der Waals surface area contributed by atoms with Crippen LogP contribution in [0.1, 0.15) is 19.8 Å². The van der Waals surface area contributed by atoms with Crippen molar-refractivity contribution in [3.05, 3.63) is 0 Å². The molecule has 0 bridgehead atoms. The van der Waals surface area contributed by atoms with Crippen LogP contribution < -0.4 is 5.73 Å². The normalized spacial score (nSPS) is 14.9. The lowest BCUT2D eigenvalue weighted by Gasteiger charge is -1.97. The van der Waals surface area contributed by atoms with Crippen LogP contribution in [-0.4, -0.2) is 19.3 Å². The van der Waals surface area contributed by atoms with Crippen molar-refractivity contribution in [2.75, 3.05) is 13.7 Å². The van der Waals surface area contributed by atoms with Gasteiger partial charge in [-0.15, -0.1) is 4.52 Å². The predicted octanol–water partition coefficient (Wildman–Crippen LogP) is 1.50. The van der Waals surface area contributed by atoms with Crippen molar-refractivity contribution in [3.63, 3.8) is 0 Å². The van der Waals surface area contributed by atoms with Crippen LogP contribution >= 0.6 is 8.03 Å². The first-order chi connectivity index (χ1) is 4.76. The third kappa shape index (κ3) is 3.25. The van der Waals surface area contributed by atoms with Crippen molar-refractivity contribution in [2.24, 2.45) is 5.73 Å². The zero-order chi connectivity index (χ0) is 7.98. The summed E-state index contributed by atoms with van der Waals surface area (Å²) in [5.74, 6) is 0. The van der Waals surface area contributed by atoms with E-state index in [0.717, 1.165) is 12.8 Å². The van der Waals surface area contributed by atoms with Gasteiger partial charge < -0.3 is 5.73 Å². The monoisotopic (exact) mass is 164 g/mol. The lowest BCUT2D eigenvalue weighted by molar-refractivity contribution is 0.401. The van der Waals surface area contributed by atoms with Gasteiger partial charge in [-0.05, 0) is 17.5 Å². The first-order valence-electron chi connectivity index (χ1n) is 3.46. The third-order valence-electron chi connectivity index (χ3n) is 1.45. The maximum Gasteiger partial charge on any atom is 0.511 e. The minimum absolute atomic E-state index is 0.144. The van der Waals surface area contributed by atoms with Crippen LogP contribution in [0.3, 0.4) is 0 Å². The van der Waals surface area contributed by atoms with Crippen LogP contribution in [0, 0.1) is 0 Å². The SMILES string of the molecule is CCC(CCN)[P+](=O)OC. The van der Waals surface area contributed by atoms with E-state index >= 15 is 0 Å². The van der Waals surface area contributed by atoms with E-state index in [4.69, 9.17) is 10.3 Å². The van der Waals surface area contributed by atoms with Gasteiger partial charge in [0.05, 0.1) is 7.11 Å². The molecule has 0 aliphatic carbocycles. The van der Waals surface area contributed by atoms with E-state index in [-0.39, 0.29) is 5.66 Å². The van der Waals surface area contributed by atoms with Crippen LogP contribution in [-0.2, 0) is 9.09 Å². The molecule has 3 nitrogen and oxygen atoms in total. The topological polar surface area (TPSA) is 52.3 Å². The molecule has 2 N–H and O–H groups in total. The Labute approximate surface area is 62.8 Å². The van der Waals surface area contributed by atoms with E-state index in [9.17, 15) is 4.57 Å². The highest BCUT2D eigenvalue weighted by atomic mass is 31.1. The zero-order valence-corrected chi connectivity index (χ0v) is 7.43. The van der Waals surface area contributed by atoms with Crippen molar-refractivity contribution >= 4 is 8.03 Å². The molecular formula is C6H15NO2P+. The van der Waals surface area contributed by atoms with Crippen molar-refractivity contribution in [1.82, 2.24) is 0 Å². The minimum Gasteiger partial charge on any atom is -0.330 e. The van der Waals surface area contributed by atoms with E-state index in [1.54, 1.807) is 0 Å². The molecule has 0 aromatic carbocycles. The zero-order valence-electron chi connectivity index (χ0n) is 6.54. The van der Waals surface area contributed by atoms with E-state index in [1.165, 1.54) is 7.11 Å². The van der Waals surface area contributed by atoms with Gasteiger partial charge in [-0.3, -0.25) is 0 Å². The molecule has 0 heterocycles. The summed E-state index contributed by atoms with van der Waals surface area (Å²) in [6.07, 6.45) is 1.67. The summed E-state index contributed by atoms with van der Waals surface area (Å²) in [6, 6.07) is 0. The minimum atomic E-state index is -1.48. The fourth-order valence-electron chi connectivity index (χ4n) is 0.800. The lowest BCUT2D eigenvalue weighted by Crippen LogP contribution is -2.09. The molecule has 0 aromatic rings. The molecule has 0 aliphatic heterocycles. The summed E-state index contributed by atoms with van der Waals surface area (Å²) in [7, 11) is -0.00764. The highest BCUT2D eigenvalue weighted by Gasteiger charge is 2.28. The second-order valence-electron chi connectivity index (χ2n) is 2.11. The fraction of sp³-hybridized carbons (Fsp3) is 1.00. The van der Waals surface area contributed by atoms with Crippen molar-refractivity contribution < 1.29 is 9.09 Å². The van der Waals surface area contributed by atoms with E-state index in [1.807, 2.05) is 6.92 Å². The van der Waals surface area contributed by atoms with E-state index < -0.39 is 8.03 Å². The number of hydrogen-bond acceptors (Lipinski definition) is 3. The molecule has 10 heavy (non-hydrogen) atoms. The highest BCUT2D eigenvalue weighted by Crippen LogP contribution is 2.32. The van der Waals surface area contributed by atoms with Crippen LogP contribution in [0.5, 0.6) is 0 Å². The Morgan fingerprint density at radius 1 is 1.70 bits per heavy atom. The molecule has 0 spiro atoms. The summed E-state index contributed by atoms with van der Waals surface area (Å²) in [6.45, 7) is 2.58. The Morgan fingerprint density at radius 3 is 2.60 bits per heavy atom. The Hall–Kier alpha value is 0.0200. The fourth-order valence-corrected chi connectivity index (χ4v) is 1.76. The Kier molecular flexibility index (Phi) is 5.79. The van der Waals surface area contributed by atoms with Gasteiger partial charge >= 0.3 is 8.03 Å². The summed E-state index contributed by atoms with van der Waals surface area (Å²) in [5.41, 5.74) is 5.46. The van der Waals surface area contributed by atoms with Gasteiger partial charge in [0.25, 0.3) is 0 Å². The van der Waals surface area contributed by atoms with Gasteiger partial charge in [-0.2, -0.15) is 0 Å². The standard InChI is InChI=1S/C6H15NO2P/c1-3-6(4-5-7)10(8)9-2/h6H,3-5,7H2,1-2H3/q+1. The number of nitrogens with two attached hydrogens (primary N) is 1. The molecule has 0 fully saturated rings. The van der Waals surface area contributed by atoms with Gasteiger partial charge in [0, 0.05) is 6.42 Å². The summed E-state index contributed by atoms with van der Waals surface area (Å²) in [5, 5.41) is 0. The number of hydrogen-bond donors (Lipinski definition) is 1. The van der Waals surface area contributed by atoms with Gasteiger partial charge in [0.1, 0.15) is 0 Å². The number of rotatable bonds is 5.